The van der Waals surface area contributed by atoms with Gasteiger partial charge in [-0.25, -0.2) is 9.69 Å². The molecule has 2 rings (SSSR count). The Balaban J connectivity index is 2.02. The molecule has 2 aliphatic heterocycles. The maximum atomic E-state index is 12.2. The van der Waals surface area contributed by atoms with Gasteiger partial charge in [0, 0.05) is 6.54 Å². The van der Waals surface area contributed by atoms with Gasteiger partial charge in [0.05, 0.1) is 12.7 Å². The molecular formula is C13H22N4O3. The van der Waals surface area contributed by atoms with Crippen LogP contribution in [-0.4, -0.2) is 52.9 Å². The molecule has 2 aliphatic rings. The van der Waals surface area contributed by atoms with Gasteiger partial charge in [0.1, 0.15) is 6.04 Å². The lowest BCUT2D eigenvalue weighted by molar-refractivity contribution is -0.132. The Labute approximate surface area is 118 Å². The van der Waals surface area contributed by atoms with Gasteiger partial charge >= 0.3 is 6.03 Å². The minimum absolute atomic E-state index is 0.151. The number of imide groups is 1. The molecule has 0 aromatic rings. The van der Waals surface area contributed by atoms with Gasteiger partial charge in [0.2, 0.25) is 5.91 Å². The van der Waals surface area contributed by atoms with E-state index in [1.807, 2.05) is 11.8 Å². The Hall–Kier alpha value is -1.63. The number of primary amides is 1. The first-order valence-electron chi connectivity index (χ1n) is 7.19. The van der Waals surface area contributed by atoms with Crippen molar-refractivity contribution in [3.8, 4) is 0 Å². The summed E-state index contributed by atoms with van der Waals surface area (Å²) < 4.78 is 0. The number of likely N-dealkylation sites (tertiary alicyclic amines) is 1. The van der Waals surface area contributed by atoms with Crippen molar-refractivity contribution in [2.75, 3.05) is 13.2 Å². The first kappa shape index (κ1) is 14.8. The summed E-state index contributed by atoms with van der Waals surface area (Å²) in [5.74, 6) is -0.590. The second-order valence-electron chi connectivity index (χ2n) is 5.42. The topological polar surface area (TPSA) is 95.7 Å². The summed E-state index contributed by atoms with van der Waals surface area (Å²) >= 11 is 0. The molecule has 0 saturated carbocycles. The van der Waals surface area contributed by atoms with Crippen molar-refractivity contribution < 1.29 is 14.4 Å². The highest BCUT2D eigenvalue weighted by atomic mass is 16.2. The number of hydrogen-bond donors (Lipinski definition) is 2. The summed E-state index contributed by atoms with van der Waals surface area (Å²) in [7, 11) is 0. The number of urea groups is 1. The van der Waals surface area contributed by atoms with E-state index in [9.17, 15) is 14.4 Å². The molecule has 0 unspecified atom stereocenters. The summed E-state index contributed by atoms with van der Waals surface area (Å²) in [4.78, 5) is 38.5. The van der Waals surface area contributed by atoms with Crippen LogP contribution in [0.25, 0.3) is 0 Å². The zero-order chi connectivity index (χ0) is 14.7. The molecule has 7 nitrogen and oxygen atoms in total. The Bertz CT molecular complexity index is 412. The minimum Gasteiger partial charge on any atom is -0.368 e. The van der Waals surface area contributed by atoms with E-state index in [0.717, 1.165) is 19.3 Å². The van der Waals surface area contributed by atoms with Crippen molar-refractivity contribution in [3.05, 3.63) is 0 Å². The van der Waals surface area contributed by atoms with Crippen LogP contribution < -0.4 is 11.1 Å². The van der Waals surface area contributed by atoms with Crippen molar-refractivity contribution in [2.45, 2.75) is 51.1 Å². The van der Waals surface area contributed by atoms with Gasteiger partial charge in [0.25, 0.3) is 5.91 Å². The van der Waals surface area contributed by atoms with Crippen LogP contribution in [0.4, 0.5) is 4.79 Å². The molecule has 0 radical (unpaired) electrons. The molecule has 2 heterocycles. The maximum Gasteiger partial charge on any atom is 0.325 e. The number of nitrogens with one attached hydrogen (secondary N) is 1. The Morgan fingerprint density at radius 2 is 2.15 bits per heavy atom. The van der Waals surface area contributed by atoms with E-state index >= 15 is 0 Å². The van der Waals surface area contributed by atoms with Crippen LogP contribution in [-0.2, 0) is 9.59 Å². The molecule has 0 aromatic carbocycles. The molecule has 0 aliphatic carbocycles. The quantitative estimate of drug-likeness (QED) is 0.694. The van der Waals surface area contributed by atoms with Gasteiger partial charge in [-0.1, -0.05) is 19.8 Å². The van der Waals surface area contributed by atoms with Gasteiger partial charge in [-0.15, -0.1) is 0 Å². The van der Waals surface area contributed by atoms with E-state index in [4.69, 9.17) is 5.73 Å². The summed E-state index contributed by atoms with van der Waals surface area (Å²) in [6.45, 7) is 2.80. The van der Waals surface area contributed by atoms with E-state index in [-0.39, 0.29) is 30.6 Å². The molecule has 2 saturated heterocycles. The van der Waals surface area contributed by atoms with E-state index < -0.39 is 6.04 Å². The highest BCUT2D eigenvalue weighted by Gasteiger charge is 2.39. The smallest absolute Gasteiger partial charge is 0.325 e. The molecule has 0 aromatic heterocycles. The standard InChI is InChI=1S/C13H22N4O3/c1-2-5-9-12(19)17(13(20)15-9)8-16-7-4-3-6-10(16)11(14)18/h9-10H,2-8H2,1H3,(H2,14,18)(H,15,20)/t9-,10-/m1/s1. The van der Waals surface area contributed by atoms with Crippen molar-refractivity contribution in [3.63, 3.8) is 0 Å². The first-order valence-corrected chi connectivity index (χ1v) is 7.19. The average Bonchev–Trinajstić information content (AvgIpc) is 2.67. The number of piperidine rings is 1. The second kappa shape index (κ2) is 6.21. The summed E-state index contributed by atoms with van der Waals surface area (Å²) in [5.41, 5.74) is 5.39. The lowest BCUT2D eigenvalue weighted by Gasteiger charge is -2.35. The Morgan fingerprint density at radius 1 is 1.40 bits per heavy atom. The lowest BCUT2D eigenvalue weighted by atomic mass is 10.0. The number of carbonyl (C=O) groups is 3. The molecule has 112 valence electrons. The minimum atomic E-state index is -0.427. The normalized spacial score (nSPS) is 27.8. The van der Waals surface area contributed by atoms with Crippen LogP contribution in [0.2, 0.25) is 0 Å². The SMILES string of the molecule is CCC[C@H]1NC(=O)N(CN2CCCC[C@@H]2C(N)=O)C1=O. The van der Waals surface area contributed by atoms with E-state index in [1.54, 1.807) is 0 Å². The highest BCUT2D eigenvalue weighted by molar-refractivity contribution is 6.04. The number of rotatable bonds is 5. The number of nitrogens with two attached hydrogens (primary N) is 1. The largest absolute Gasteiger partial charge is 0.368 e. The third kappa shape index (κ3) is 2.92. The fourth-order valence-electron chi connectivity index (χ4n) is 2.86. The molecule has 20 heavy (non-hydrogen) atoms. The van der Waals surface area contributed by atoms with Crippen LogP contribution in [0.5, 0.6) is 0 Å². The Kier molecular flexibility index (Phi) is 4.59. The molecule has 0 bridgehead atoms. The molecular weight excluding hydrogens is 260 g/mol. The molecule has 2 fully saturated rings. The van der Waals surface area contributed by atoms with Crippen LogP contribution in [0, 0.1) is 0 Å². The summed E-state index contributed by atoms with van der Waals surface area (Å²) in [6.07, 6.45) is 4.06. The van der Waals surface area contributed by atoms with Gasteiger partial charge in [-0.3, -0.25) is 14.5 Å². The summed E-state index contributed by atoms with van der Waals surface area (Å²) in [5, 5.41) is 2.68. The lowest BCUT2D eigenvalue weighted by Crippen LogP contribution is -2.53. The first-order chi connectivity index (χ1) is 9.54. The average molecular weight is 282 g/mol. The third-order valence-electron chi connectivity index (χ3n) is 3.95. The summed E-state index contributed by atoms with van der Waals surface area (Å²) in [6, 6.07) is -1.18. The monoisotopic (exact) mass is 282 g/mol. The zero-order valence-corrected chi connectivity index (χ0v) is 11.8. The van der Waals surface area contributed by atoms with Crippen LogP contribution in [0.15, 0.2) is 0 Å². The molecule has 4 amide bonds. The highest BCUT2D eigenvalue weighted by Crippen LogP contribution is 2.19. The second-order valence-corrected chi connectivity index (χ2v) is 5.42. The van der Waals surface area contributed by atoms with E-state index in [0.29, 0.717) is 19.4 Å². The van der Waals surface area contributed by atoms with Gasteiger partial charge in [-0.05, 0) is 19.3 Å². The molecule has 0 spiro atoms. The van der Waals surface area contributed by atoms with Gasteiger partial charge < -0.3 is 11.1 Å². The number of amides is 4. The van der Waals surface area contributed by atoms with Crippen molar-refractivity contribution in [1.29, 1.82) is 0 Å². The van der Waals surface area contributed by atoms with Crippen molar-refractivity contribution in [2.24, 2.45) is 5.73 Å². The molecule has 3 N–H and O–H groups in total. The molecule has 7 heteroatoms. The van der Waals surface area contributed by atoms with E-state index in [1.165, 1.54) is 4.90 Å². The Morgan fingerprint density at radius 3 is 2.80 bits per heavy atom. The van der Waals surface area contributed by atoms with Crippen molar-refractivity contribution >= 4 is 17.8 Å². The predicted octanol–water partition coefficient (Wildman–Crippen LogP) is 0.00420. The van der Waals surface area contributed by atoms with E-state index in [2.05, 4.69) is 5.32 Å². The number of carbonyl (C=O) groups excluding carboxylic acids is 3. The maximum absolute atomic E-state index is 12.2. The fourth-order valence-corrected chi connectivity index (χ4v) is 2.86. The zero-order valence-electron chi connectivity index (χ0n) is 11.8. The number of nitrogens with zero attached hydrogens (tertiary/aromatic N) is 2. The van der Waals surface area contributed by atoms with Crippen molar-refractivity contribution in [1.82, 2.24) is 15.1 Å². The fraction of sp³-hybridized carbons (Fsp3) is 0.769. The van der Waals surface area contributed by atoms with Crippen LogP contribution in [0.1, 0.15) is 39.0 Å². The molecule has 2 atom stereocenters. The predicted molar refractivity (Wildman–Crippen MR) is 72.5 cm³/mol. The van der Waals surface area contributed by atoms with Crippen LogP contribution in [0.3, 0.4) is 0 Å². The van der Waals surface area contributed by atoms with Crippen LogP contribution >= 0.6 is 0 Å². The van der Waals surface area contributed by atoms with Gasteiger partial charge in [0.15, 0.2) is 0 Å². The number of hydrogen-bond acceptors (Lipinski definition) is 4. The van der Waals surface area contributed by atoms with Gasteiger partial charge in [-0.2, -0.15) is 0 Å². The third-order valence-corrected chi connectivity index (χ3v) is 3.95.